The highest BCUT2D eigenvalue weighted by atomic mass is 32.1. The van der Waals surface area contributed by atoms with Crippen molar-refractivity contribution in [2.24, 2.45) is 5.92 Å². The summed E-state index contributed by atoms with van der Waals surface area (Å²) in [4.78, 5) is 36.1. The number of hydrogen-bond donors (Lipinski definition) is 0. The molecule has 156 valence electrons. The molecular weight excluding hydrogens is 400 g/mol. The van der Waals surface area contributed by atoms with E-state index < -0.39 is 0 Å². The average molecular weight is 425 g/mol. The van der Waals surface area contributed by atoms with Crippen LogP contribution >= 0.6 is 11.3 Å². The Hall–Kier alpha value is -2.87. The Morgan fingerprint density at radius 1 is 0.933 bits per heavy atom. The molecule has 8 heteroatoms. The first-order valence-electron chi connectivity index (χ1n) is 10.4. The van der Waals surface area contributed by atoms with Crippen molar-refractivity contribution in [1.82, 2.24) is 14.8 Å². The van der Waals surface area contributed by atoms with Crippen molar-refractivity contribution in [1.29, 1.82) is 0 Å². The minimum atomic E-state index is -0.101. The number of rotatable bonds is 3. The van der Waals surface area contributed by atoms with Crippen molar-refractivity contribution >= 4 is 38.5 Å². The number of furan rings is 1. The van der Waals surface area contributed by atoms with Gasteiger partial charge < -0.3 is 19.1 Å². The van der Waals surface area contributed by atoms with E-state index in [1.54, 1.807) is 28.4 Å². The van der Waals surface area contributed by atoms with E-state index in [0.29, 0.717) is 31.9 Å². The van der Waals surface area contributed by atoms with E-state index >= 15 is 0 Å². The predicted molar refractivity (Wildman–Crippen MR) is 116 cm³/mol. The number of aromatic nitrogens is 1. The zero-order chi connectivity index (χ0) is 20.5. The van der Waals surface area contributed by atoms with E-state index in [1.165, 1.54) is 11.0 Å². The number of carbonyl (C=O) groups is 2. The van der Waals surface area contributed by atoms with Crippen LogP contribution in [-0.4, -0.2) is 65.9 Å². The smallest absolute Gasteiger partial charge is 0.289 e. The molecule has 0 bridgehead atoms. The van der Waals surface area contributed by atoms with E-state index in [1.807, 2.05) is 23.1 Å². The van der Waals surface area contributed by atoms with Crippen LogP contribution in [0.5, 0.6) is 0 Å². The summed E-state index contributed by atoms with van der Waals surface area (Å²) in [5, 5.41) is 1.05. The van der Waals surface area contributed by atoms with Gasteiger partial charge in [-0.1, -0.05) is 23.5 Å². The SMILES string of the molecule is O=C(c1ccco1)N1CCN(C(=O)C2CCN(c3nc4ccccc4s3)CC2)CC1. The molecule has 4 heterocycles. The van der Waals surface area contributed by atoms with Gasteiger partial charge in [-0.05, 0) is 37.1 Å². The number of nitrogens with zero attached hydrogens (tertiary/aromatic N) is 4. The quantitative estimate of drug-likeness (QED) is 0.646. The molecule has 5 rings (SSSR count). The summed E-state index contributed by atoms with van der Waals surface area (Å²) in [5.74, 6) is 0.542. The Morgan fingerprint density at radius 2 is 1.67 bits per heavy atom. The van der Waals surface area contributed by atoms with Crippen molar-refractivity contribution in [2.45, 2.75) is 12.8 Å². The molecule has 0 spiro atoms. The van der Waals surface area contributed by atoms with Gasteiger partial charge in [-0.15, -0.1) is 0 Å². The molecule has 2 aliphatic rings. The molecule has 2 amide bonds. The summed E-state index contributed by atoms with van der Waals surface area (Å²) < 4.78 is 6.40. The molecule has 0 radical (unpaired) electrons. The second-order valence-corrected chi connectivity index (χ2v) is 8.83. The molecule has 3 aromatic rings. The van der Waals surface area contributed by atoms with Crippen LogP contribution in [0.15, 0.2) is 47.1 Å². The second-order valence-electron chi connectivity index (χ2n) is 7.82. The number of piperazine rings is 1. The van der Waals surface area contributed by atoms with Crippen molar-refractivity contribution in [3.8, 4) is 0 Å². The molecule has 2 aliphatic heterocycles. The highest BCUT2D eigenvalue weighted by molar-refractivity contribution is 7.22. The summed E-state index contributed by atoms with van der Waals surface area (Å²) in [6.07, 6.45) is 3.20. The summed E-state index contributed by atoms with van der Waals surface area (Å²) in [6.45, 7) is 3.98. The molecule has 2 fully saturated rings. The lowest BCUT2D eigenvalue weighted by atomic mass is 9.95. The van der Waals surface area contributed by atoms with Gasteiger partial charge >= 0.3 is 0 Å². The van der Waals surface area contributed by atoms with Crippen molar-refractivity contribution in [3.63, 3.8) is 0 Å². The maximum absolute atomic E-state index is 13.0. The maximum Gasteiger partial charge on any atom is 0.289 e. The van der Waals surface area contributed by atoms with Crippen LogP contribution in [0, 0.1) is 5.92 Å². The van der Waals surface area contributed by atoms with E-state index in [9.17, 15) is 9.59 Å². The lowest BCUT2D eigenvalue weighted by Gasteiger charge is -2.38. The average Bonchev–Trinajstić information content (AvgIpc) is 3.48. The van der Waals surface area contributed by atoms with Crippen molar-refractivity contribution in [3.05, 3.63) is 48.4 Å². The normalized spacial score (nSPS) is 18.2. The number of amides is 2. The van der Waals surface area contributed by atoms with E-state index in [2.05, 4.69) is 11.0 Å². The molecule has 0 saturated carbocycles. The third-order valence-electron chi connectivity index (χ3n) is 6.01. The molecule has 1 aromatic carbocycles. The molecule has 0 unspecified atom stereocenters. The lowest BCUT2D eigenvalue weighted by Crippen LogP contribution is -2.53. The van der Waals surface area contributed by atoms with Gasteiger partial charge in [0, 0.05) is 45.2 Å². The summed E-state index contributed by atoms with van der Waals surface area (Å²) >= 11 is 1.72. The van der Waals surface area contributed by atoms with Crippen LogP contribution in [0.4, 0.5) is 5.13 Å². The van der Waals surface area contributed by atoms with E-state index in [4.69, 9.17) is 9.40 Å². The fraction of sp³-hybridized carbons (Fsp3) is 0.409. The summed E-state index contributed by atoms with van der Waals surface area (Å²) in [7, 11) is 0. The lowest BCUT2D eigenvalue weighted by molar-refractivity contribution is -0.137. The standard InChI is InChI=1S/C22H24N4O3S/c27-20(24-11-13-25(14-12-24)21(28)18-5-3-15-29-18)16-7-9-26(10-8-16)22-23-17-4-1-2-6-19(17)30-22/h1-6,15-16H,7-14H2. The van der Waals surface area contributed by atoms with Crippen LogP contribution in [-0.2, 0) is 4.79 Å². The van der Waals surface area contributed by atoms with Crippen molar-refractivity contribution in [2.75, 3.05) is 44.2 Å². The molecule has 2 saturated heterocycles. The first-order valence-corrected chi connectivity index (χ1v) is 11.2. The molecular formula is C22H24N4O3S. The van der Waals surface area contributed by atoms with Crippen LogP contribution in [0.1, 0.15) is 23.4 Å². The Kier molecular flexibility index (Phi) is 5.16. The highest BCUT2D eigenvalue weighted by Crippen LogP contribution is 2.31. The maximum atomic E-state index is 13.0. The zero-order valence-electron chi connectivity index (χ0n) is 16.7. The van der Waals surface area contributed by atoms with Crippen molar-refractivity contribution < 1.29 is 14.0 Å². The fourth-order valence-corrected chi connectivity index (χ4v) is 5.27. The van der Waals surface area contributed by atoms with E-state index in [0.717, 1.165) is 36.6 Å². The number of piperidine rings is 1. The minimum Gasteiger partial charge on any atom is -0.459 e. The molecule has 30 heavy (non-hydrogen) atoms. The largest absolute Gasteiger partial charge is 0.459 e. The van der Waals surface area contributed by atoms with Gasteiger partial charge in [-0.25, -0.2) is 4.98 Å². The third-order valence-corrected chi connectivity index (χ3v) is 7.11. The van der Waals surface area contributed by atoms with Gasteiger partial charge in [-0.2, -0.15) is 0 Å². The topological polar surface area (TPSA) is 69.9 Å². The number of carbonyl (C=O) groups excluding carboxylic acids is 2. The third kappa shape index (κ3) is 3.67. The first kappa shape index (κ1) is 19.1. The first-order chi connectivity index (χ1) is 14.7. The van der Waals surface area contributed by atoms with Gasteiger partial charge in [0.1, 0.15) is 0 Å². The minimum absolute atomic E-state index is 0.0583. The second kappa shape index (κ2) is 8.10. The Balaban J connectivity index is 1.14. The van der Waals surface area contributed by atoms with Crippen LogP contribution in [0.3, 0.4) is 0 Å². The van der Waals surface area contributed by atoms with Gasteiger partial charge in [0.05, 0.1) is 16.5 Å². The molecule has 2 aromatic heterocycles. The van der Waals surface area contributed by atoms with Crippen LogP contribution in [0.25, 0.3) is 10.2 Å². The highest BCUT2D eigenvalue weighted by Gasteiger charge is 2.32. The fourth-order valence-electron chi connectivity index (χ4n) is 4.26. The number of hydrogen-bond acceptors (Lipinski definition) is 6. The molecule has 0 N–H and O–H groups in total. The van der Waals surface area contributed by atoms with Gasteiger partial charge in [0.15, 0.2) is 10.9 Å². The number of para-hydroxylation sites is 1. The van der Waals surface area contributed by atoms with Gasteiger partial charge in [0.25, 0.3) is 5.91 Å². The van der Waals surface area contributed by atoms with Gasteiger partial charge in [0.2, 0.25) is 5.91 Å². The molecule has 0 aliphatic carbocycles. The number of benzene rings is 1. The number of fused-ring (bicyclic) bond motifs is 1. The Bertz CT molecular complexity index is 999. The monoisotopic (exact) mass is 424 g/mol. The predicted octanol–water partition coefficient (Wildman–Crippen LogP) is 3.09. The number of anilines is 1. The summed E-state index contributed by atoms with van der Waals surface area (Å²) in [6, 6.07) is 11.6. The molecule has 7 nitrogen and oxygen atoms in total. The van der Waals surface area contributed by atoms with Gasteiger partial charge in [-0.3, -0.25) is 9.59 Å². The summed E-state index contributed by atoms with van der Waals surface area (Å²) in [5.41, 5.74) is 1.04. The Labute approximate surface area is 178 Å². The molecule has 0 atom stereocenters. The Morgan fingerprint density at radius 3 is 2.37 bits per heavy atom. The van der Waals surface area contributed by atoms with Crippen LogP contribution in [0.2, 0.25) is 0 Å². The van der Waals surface area contributed by atoms with E-state index in [-0.39, 0.29) is 17.7 Å². The number of thiazole rings is 1. The zero-order valence-corrected chi connectivity index (χ0v) is 17.5. The van der Waals surface area contributed by atoms with Crippen LogP contribution < -0.4 is 4.90 Å².